The normalized spacial score (nSPS) is 9.42. The maximum absolute atomic E-state index is 12.2. The molecule has 0 atom stereocenters. The Hall–Kier alpha value is -1.16. The first-order chi connectivity index (χ1) is 5.72. The van der Waals surface area contributed by atoms with Crippen LogP contribution in [0.25, 0.3) is 0 Å². The van der Waals surface area contributed by atoms with Gasteiger partial charge in [0.15, 0.2) is 5.11 Å². The summed E-state index contributed by atoms with van der Waals surface area (Å²) in [5.74, 6) is 0. The minimum absolute atomic E-state index is 0.186. The first kappa shape index (κ1) is 8.93. The third kappa shape index (κ3) is 2.47. The van der Waals surface area contributed by atoms with Crippen molar-refractivity contribution in [3.05, 3.63) is 29.8 Å². The molecule has 0 aliphatic carbocycles. The molecular formula is C8H9FN2S. The molecule has 2 nitrogen and oxygen atoms in total. The summed E-state index contributed by atoms with van der Waals surface area (Å²) in [5, 5.41) is 2.91. The Morgan fingerprint density at radius 3 is 2.92 bits per heavy atom. The maximum atomic E-state index is 12.2. The first-order valence-electron chi connectivity index (χ1n) is 3.43. The quantitative estimate of drug-likeness (QED) is 0.688. The van der Waals surface area contributed by atoms with Crippen LogP contribution in [0.15, 0.2) is 24.3 Å². The van der Waals surface area contributed by atoms with Gasteiger partial charge in [-0.05, 0) is 29.9 Å². The van der Waals surface area contributed by atoms with Gasteiger partial charge in [0.05, 0.1) is 0 Å². The van der Waals surface area contributed by atoms with Crippen molar-refractivity contribution >= 4 is 23.0 Å². The number of nitrogens with two attached hydrogens (primary N) is 1. The van der Waals surface area contributed by atoms with Gasteiger partial charge in [-0.3, -0.25) is 0 Å². The highest BCUT2D eigenvalue weighted by atomic mass is 32.1. The predicted molar refractivity (Wildman–Crippen MR) is 51.7 cm³/mol. The SMILES string of the molecule is NC(=S)Nc1cccc(CF)c1. The van der Waals surface area contributed by atoms with E-state index in [4.69, 9.17) is 5.73 Å². The van der Waals surface area contributed by atoms with Gasteiger partial charge in [0.25, 0.3) is 0 Å². The van der Waals surface area contributed by atoms with Crippen LogP contribution in [0.2, 0.25) is 0 Å². The van der Waals surface area contributed by atoms with E-state index in [9.17, 15) is 4.39 Å². The zero-order valence-electron chi connectivity index (χ0n) is 6.38. The molecule has 0 aliphatic heterocycles. The summed E-state index contributed by atoms with van der Waals surface area (Å²) in [6, 6.07) is 6.89. The topological polar surface area (TPSA) is 38.0 Å². The van der Waals surface area contributed by atoms with E-state index in [1.54, 1.807) is 24.3 Å². The van der Waals surface area contributed by atoms with Crippen LogP contribution in [0.5, 0.6) is 0 Å². The molecule has 1 aromatic carbocycles. The molecule has 64 valence electrons. The lowest BCUT2D eigenvalue weighted by molar-refractivity contribution is 0.485. The van der Waals surface area contributed by atoms with Crippen molar-refractivity contribution in [1.82, 2.24) is 0 Å². The van der Waals surface area contributed by atoms with Crippen molar-refractivity contribution in [2.75, 3.05) is 5.32 Å². The molecule has 1 aromatic rings. The van der Waals surface area contributed by atoms with Crippen LogP contribution < -0.4 is 11.1 Å². The van der Waals surface area contributed by atoms with E-state index in [1.807, 2.05) is 0 Å². The second kappa shape index (κ2) is 4.01. The molecule has 0 fully saturated rings. The van der Waals surface area contributed by atoms with Gasteiger partial charge in [0.2, 0.25) is 0 Å². The van der Waals surface area contributed by atoms with E-state index in [1.165, 1.54) is 0 Å². The monoisotopic (exact) mass is 184 g/mol. The fraction of sp³-hybridized carbons (Fsp3) is 0.125. The Kier molecular flexibility index (Phi) is 2.99. The number of hydrogen-bond donors (Lipinski definition) is 2. The summed E-state index contributed by atoms with van der Waals surface area (Å²) >= 11 is 4.63. The fourth-order valence-electron chi connectivity index (χ4n) is 0.874. The number of hydrogen-bond acceptors (Lipinski definition) is 1. The number of rotatable bonds is 2. The standard InChI is InChI=1S/C8H9FN2S/c9-5-6-2-1-3-7(4-6)11-8(10)12/h1-4H,5H2,(H3,10,11,12). The van der Waals surface area contributed by atoms with Crippen molar-refractivity contribution in [2.45, 2.75) is 6.67 Å². The van der Waals surface area contributed by atoms with Gasteiger partial charge >= 0.3 is 0 Å². The van der Waals surface area contributed by atoms with E-state index in [0.29, 0.717) is 5.56 Å². The number of anilines is 1. The third-order valence-electron chi connectivity index (χ3n) is 1.35. The smallest absolute Gasteiger partial charge is 0.168 e. The number of halogens is 1. The molecule has 0 aromatic heterocycles. The lowest BCUT2D eigenvalue weighted by Gasteiger charge is -2.03. The third-order valence-corrected chi connectivity index (χ3v) is 1.45. The fourth-order valence-corrected chi connectivity index (χ4v) is 0.992. The molecule has 4 heteroatoms. The minimum Gasteiger partial charge on any atom is -0.376 e. The Morgan fingerprint density at radius 1 is 1.58 bits per heavy atom. The Morgan fingerprint density at radius 2 is 2.33 bits per heavy atom. The van der Waals surface area contributed by atoms with Gasteiger partial charge in [-0.15, -0.1) is 0 Å². The van der Waals surface area contributed by atoms with Crippen LogP contribution in [0.4, 0.5) is 10.1 Å². The molecule has 1 rings (SSSR count). The first-order valence-corrected chi connectivity index (χ1v) is 3.84. The van der Waals surface area contributed by atoms with Crippen molar-refractivity contribution < 1.29 is 4.39 Å². The molecule has 0 unspecified atom stereocenters. The molecule has 0 saturated carbocycles. The van der Waals surface area contributed by atoms with Gasteiger partial charge in [0.1, 0.15) is 6.67 Å². The second-order valence-electron chi connectivity index (χ2n) is 2.32. The molecule has 0 amide bonds. The Labute approximate surface area is 75.6 Å². The van der Waals surface area contributed by atoms with Crippen molar-refractivity contribution in [2.24, 2.45) is 5.73 Å². The second-order valence-corrected chi connectivity index (χ2v) is 2.76. The Bertz CT molecular complexity index is 288. The van der Waals surface area contributed by atoms with E-state index in [0.717, 1.165) is 5.69 Å². The Balaban J connectivity index is 2.79. The molecule has 3 N–H and O–H groups in total. The zero-order valence-corrected chi connectivity index (χ0v) is 7.20. The highest BCUT2D eigenvalue weighted by Crippen LogP contribution is 2.10. The number of thiocarbonyl (C=S) groups is 1. The molecule has 0 saturated heterocycles. The summed E-state index contributed by atoms with van der Waals surface area (Å²) in [6.45, 7) is -0.479. The average molecular weight is 184 g/mol. The van der Waals surface area contributed by atoms with Gasteiger partial charge in [-0.1, -0.05) is 12.1 Å². The van der Waals surface area contributed by atoms with Gasteiger partial charge in [-0.25, -0.2) is 4.39 Å². The highest BCUT2D eigenvalue weighted by molar-refractivity contribution is 7.80. The summed E-state index contributed by atoms with van der Waals surface area (Å²) in [5.41, 5.74) is 6.57. The van der Waals surface area contributed by atoms with Crippen molar-refractivity contribution in [3.8, 4) is 0 Å². The summed E-state index contributed by atoms with van der Waals surface area (Å²) in [7, 11) is 0. The molecule has 0 radical (unpaired) electrons. The van der Waals surface area contributed by atoms with E-state index in [2.05, 4.69) is 17.5 Å². The molecule has 0 heterocycles. The summed E-state index contributed by atoms with van der Waals surface area (Å²) in [4.78, 5) is 0. The number of alkyl halides is 1. The number of benzene rings is 1. The van der Waals surface area contributed by atoms with Crippen LogP contribution >= 0.6 is 12.2 Å². The number of nitrogens with one attached hydrogen (secondary N) is 1. The van der Waals surface area contributed by atoms with Crippen molar-refractivity contribution in [3.63, 3.8) is 0 Å². The zero-order chi connectivity index (χ0) is 8.97. The lowest BCUT2D eigenvalue weighted by atomic mass is 10.2. The lowest BCUT2D eigenvalue weighted by Crippen LogP contribution is -2.18. The largest absolute Gasteiger partial charge is 0.376 e. The maximum Gasteiger partial charge on any atom is 0.168 e. The molecule has 0 bridgehead atoms. The van der Waals surface area contributed by atoms with Crippen LogP contribution in [-0.2, 0) is 6.67 Å². The molecule has 0 aliphatic rings. The van der Waals surface area contributed by atoms with Crippen LogP contribution in [0.1, 0.15) is 5.56 Å². The van der Waals surface area contributed by atoms with Crippen molar-refractivity contribution in [1.29, 1.82) is 0 Å². The minimum atomic E-state index is -0.479. The predicted octanol–water partition coefficient (Wildman–Crippen LogP) is 1.81. The van der Waals surface area contributed by atoms with Crippen LogP contribution in [0, 0.1) is 0 Å². The van der Waals surface area contributed by atoms with Crippen LogP contribution in [-0.4, -0.2) is 5.11 Å². The van der Waals surface area contributed by atoms with E-state index in [-0.39, 0.29) is 5.11 Å². The average Bonchev–Trinajstić information content (AvgIpc) is 2.03. The van der Waals surface area contributed by atoms with Crippen LogP contribution in [0.3, 0.4) is 0 Å². The summed E-state index contributed by atoms with van der Waals surface area (Å²) in [6.07, 6.45) is 0. The van der Waals surface area contributed by atoms with Gasteiger partial charge < -0.3 is 11.1 Å². The molecule has 0 spiro atoms. The van der Waals surface area contributed by atoms with Gasteiger partial charge in [0, 0.05) is 5.69 Å². The highest BCUT2D eigenvalue weighted by Gasteiger charge is 1.94. The molecular weight excluding hydrogens is 175 g/mol. The molecule has 12 heavy (non-hydrogen) atoms. The van der Waals surface area contributed by atoms with E-state index < -0.39 is 6.67 Å². The van der Waals surface area contributed by atoms with E-state index >= 15 is 0 Å². The van der Waals surface area contributed by atoms with Gasteiger partial charge in [-0.2, -0.15) is 0 Å². The summed E-state index contributed by atoms with van der Waals surface area (Å²) < 4.78 is 12.2.